The molecular weight excluding hydrogens is 424 g/mol. The van der Waals surface area contributed by atoms with E-state index in [0.29, 0.717) is 17.7 Å². The van der Waals surface area contributed by atoms with E-state index in [9.17, 15) is 19.7 Å². The van der Waals surface area contributed by atoms with Crippen molar-refractivity contribution in [1.29, 1.82) is 0 Å². The van der Waals surface area contributed by atoms with Crippen LogP contribution in [0.15, 0.2) is 59.7 Å². The fraction of sp³-hybridized carbons (Fsp3) is 0.208. The van der Waals surface area contributed by atoms with Crippen LogP contribution in [-0.2, 0) is 16.0 Å². The molecular formula is C24H24N4O5. The van der Waals surface area contributed by atoms with Gasteiger partial charge >= 0.3 is 5.97 Å². The first-order valence-corrected chi connectivity index (χ1v) is 10.3. The first kappa shape index (κ1) is 23.4. The first-order chi connectivity index (χ1) is 15.8. The van der Waals surface area contributed by atoms with Gasteiger partial charge in [0.2, 0.25) is 5.91 Å². The van der Waals surface area contributed by atoms with Crippen molar-refractivity contribution < 1.29 is 19.2 Å². The van der Waals surface area contributed by atoms with Gasteiger partial charge in [-0.2, -0.15) is 5.10 Å². The molecule has 0 atom stereocenters. The summed E-state index contributed by atoms with van der Waals surface area (Å²) in [6.45, 7) is 5.89. The summed E-state index contributed by atoms with van der Waals surface area (Å²) in [6.07, 6.45) is 1.36. The summed E-state index contributed by atoms with van der Waals surface area (Å²) in [5, 5.41) is 15.1. The van der Waals surface area contributed by atoms with E-state index in [1.54, 1.807) is 43.3 Å². The van der Waals surface area contributed by atoms with Crippen LogP contribution < -0.4 is 5.43 Å². The largest absolute Gasteiger partial charge is 0.462 e. The van der Waals surface area contributed by atoms with Crippen molar-refractivity contribution in [2.24, 2.45) is 5.10 Å². The number of hydrogen-bond acceptors (Lipinski definition) is 6. The van der Waals surface area contributed by atoms with Gasteiger partial charge in [-0.25, -0.2) is 10.2 Å². The number of aromatic nitrogens is 1. The maximum Gasteiger partial charge on any atom is 0.338 e. The Balaban J connectivity index is 1.74. The third kappa shape index (κ3) is 5.51. The summed E-state index contributed by atoms with van der Waals surface area (Å²) in [7, 11) is 0. The summed E-state index contributed by atoms with van der Waals surface area (Å²) in [5.74, 6) is -0.846. The maximum atomic E-state index is 12.2. The van der Waals surface area contributed by atoms with Gasteiger partial charge in [0.25, 0.3) is 5.69 Å². The molecule has 0 unspecified atom stereocenters. The highest BCUT2D eigenvalue weighted by atomic mass is 16.6. The van der Waals surface area contributed by atoms with Crippen LogP contribution in [0.5, 0.6) is 0 Å². The van der Waals surface area contributed by atoms with Gasteiger partial charge in [0.05, 0.1) is 29.7 Å². The Labute approximate surface area is 190 Å². The molecule has 1 amide bonds. The van der Waals surface area contributed by atoms with Gasteiger partial charge in [-0.05, 0) is 45.0 Å². The smallest absolute Gasteiger partial charge is 0.338 e. The predicted octanol–water partition coefficient (Wildman–Crippen LogP) is 3.87. The van der Waals surface area contributed by atoms with Crippen molar-refractivity contribution in [1.82, 2.24) is 9.99 Å². The topological polar surface area (TPSA) is 116 Å². The summed E-state index contributed by atoms with van der Waals surface area (Å²) >= 11 is 0. The van der Waals surface area contributed by atoms with Gasteiger partial charge in [-0.3, -0.25) is 14.9 Å². The number of benzene rings is 2. The van der Waals surface area contributed by atoms with E-state index in [-0.39, 0.29) is 18.1 Å². The number of hydrazone groups is 1. The van der Waals surface area contributed by atoms with Gasteiger partial charge in [-0.15, -0.1) is 0 Å². The fourth-order valence-electron chi connectivity index (χ4n) is 3.53. The van der Waals surface area contributed by atoms with Crippen LogP contribution in [0.2, 0.25) is 0 Å². The average molecular weight is 448 g/mol. The maximum absolute atomic E-state index is 12.2. The number of nitro groups is 1. The van der Waals surface area contributed by atoms with E-state index < -0.39 is 10.8 Å². The molecule has 0 aliphatic rings. The van der Waals surface area contributed by atoms with Crippen molar-refractivity contribution in [3.8, 4) is 5.69 Å². The minimum atomic E-state index is -0.516. The molecule has 9 nitrogen and oxygen atoms in total. The Bertz CT molecular complexity index is 1230. The number of nitro benzene ring substituents is 1. The number of para-hydroxylation sites is 1. The molecule has 33 heavy (non-hydrogen) atoms. The third-order valence-electron chi connectivity index (χ3n) is 5.02. The van der Waals surface area contributed by atoms with Crippen LogP contribution in [-0.4, -0.2) is 34.2 Å². The second kappa shape index (κ2) is 10.4. The minimum Gasteiger partial charge on any atom is -0.462 e. The van der Waals surface area contributed by atoms with E-state index >= 15 is 0 Å². The first-order valence-electron chi connectivity index (χ1n) is 10.3. The number of aryl methyl sites for hydroxylation is 1. The molecule has 170 valence electrons. The lowest BCUT2D eigenvalue weighted by Crippen LogP contribution is -2.20. The standard InChI is InChI=1S/C24H24N4O5/c1-4-33-24(30)19-9-7-10-21(13-19)27-16(2)12-20(17(27)3)15-25-26-23(29)14-18-8-5-6-11-22(18)28(31)32/h5-13,15H,4,14H2,1-3H3,(H,26,29)/b25-15+. The molecule has 1 N–H and O–H groups in total. The molecule has 0 saturated carbocycles. The molecule has 0 aliphatic carbocycles. The number of amides is 1. The normalized spacial score (nSPS) is 10.9. The molecule has 9 heteroatoms. The monoisotopic (exact) mass is 448 g/mol. The lowest BCUT2D eigenvalue weighted by Gasteiger charge is -2.11. The number of nitrogens with one attached hydrogen (secondary N) is 1. The number of carbonyl (C=O) groups excluding carboxylic acids is 2. The molecule has 0 fully saturated rings. The van der Waals surface area contributed by atoms with E-state index in [2.05, 4.69) is 10.5 Å². The quantitative estimate of drug-likeness (QED) is 0.243. The van der Waals surface area contributed by atoms with Crippen LogP contribution in [0.4, 0.5) is 5.69 Å². The van der Waals surface area contributed by atoms with Gasteiger partial charge in [0.1, 0.15) is 0 Å². The molecule has 0 saturated heterocycles. The zero-order valence-corrected chi connectivity index (χ0v) is 18.6. The Morgan fingerprint density at radius 1 is 1.15 bits per heavy atom. The molecule has 3 aromatic rings. The molecule has 0 bridgehead atoms. The number of rotatable bonds is 8. The predicted molar refractivity (Wildman–Crippen MR) is 124 cm³/mol. The van der Waals surface area contributed by atoms with Crippen LogP contribution in [0.25, 0.3) is 5.69 Å². The summed E-state index contributed by atoms with van der Waals surface area (Å²) in [5.41, 5.74) is 6.45. The molecule has 2 aromatic carbocycles. The molecule has 1 heterocycles. The zero-order valence-electron chi connectivity index (χ0n) is 18.6. The Morgan fingerprint density at radius 3 is 2.64 bits per heavy atom. The fourth-order valence-corrected chi connectivity index (χ4v) is 3.53. The molecule has 0 spiro atoms. The van der Waals surface area contributed by atoms with E-state index in [1.165, 1.54) is 12.3 Å². The Hall–Kier alpha value is -4.27. The second-order valence-electron chi connectivity index (χ2n) is 7.29. The SMILES string of the molecule is CCOC(=O)c1cccc(-n2c(C)cc(/C=N/NC(=O)Cc3ccccc3[N+](=O)[O-])c2C)c1. The number of carbonyl (C=O) groups is 2. The van der Waals surface area contributed by atoms with Crippen LogP contribution in [0, 0.1) is 24.0 Å². The van der Waals surface area contributed by atoms with Crippen LogP contribution in [0.1, 0.15) is 39.8 Å². The van der Waals surface area contributed by atoms with E-state index in [1.807, 2.05) is 30.5 Å². The van der Waals surface area contributed by atoms with Gasteiger partial charge in [0.15, 0.2) is 0 Å². The highest BCUT2D eigenvalue weighted by Crippen LogP contribution is 2.21. The van der Waals surface area contributed by atoms with E-state index in [4.69, 9.17) is 4.74 Å². The lowest BCUT2D eigenvalue weighted by molar-refractivity contribution is -0.385. The third-order valence-corrected chi connectivity index (χ3v) is 5.02. The number of nitrogens with zero attached hydrogens (tertiary/aromatic N) is 3. The van der Waals surface area contributed by atoms with Gasteiger partial charge in [-0.1, -0.05) is 24.3 Å². The lowest BCUT2D eigenvalue weighted by atomic mass is 10.1. The number of hydrogen-bond donors (Lipinski definition) is 1. The highest BCUT2D eigenvalue weighted by Gasteiger charge is 2.16. The van der Waals surface area contributed by atoms with Gasteiger partial charge in [0, 0.05) is 34.3 Å². The molecule has 0 aliphatic heterocycles. The Morgan fingerprint density at radius 2 is 1.91 bits per heavy atom. The highest BCUT2D eigenvalue weighted by molar-refractivity contribution is 5.90. The summed E-state index contributed by atoms with van der Waals surface area (Å²) in [4.78, 5) is 34.9. The van der Waals surface area contributed by atoms with Gasteiger partial charge < -0.3 is 9.30 Å². The zero-order chi connectivity index (χ0) is 24.0. The molecule has 0 radical (unpaired) electrons. The van der Waals surface area contributed by atoms with Crippen molar-refractivity contribution in [3.05, 3.63) is 92.8 Å². The van der Waals surface area contributed by atoms with Crippen molar-refractivity contribution in [2.45, 2.75) is 27.2 Å². The minimum absolute atomic E-state index is 0.106. The second-order valence-corrected chi connectivity index (χ2v) is 7.29. The van der Waals surface area contributed by atoms with Crippen molar-refractivity contribution >= 4 is 23.8 Å². The van der Waals surface area contributed by atoms with Crippen LogP contribution >= 0.6 is 0 Å². The molecule has 1 aromatic heterocycles. The number of ether oxygens (including phenoxy) is 1. The molecule has 3 rings (SSSR count). The van der Waals surface area contributed by atoms with Crippen molar-refractivity contribution in [3.63, 3.8) is 0 Å². The van der Waals surface area contributed by atoms with Crippen LogP contribution in [0.3, 0.4) is 0 Å². The van der Waals surface area contributed by atoms with E-state index in [0.717, 1.165) is 22.6 Å². The Kier molecular flexibility index (Phi) is 7.34. The van der Waals surface area contributed by atoms with Crippen molar-refractivity contribution in [2.75, 3.05) is 6.61 Å². The average Bonchev–Trinajstić information content (AvgIpc) is 3.07. The summed E-state index contributed by atoms with van der Waals surface area (Å²) < 4.78 is 7.05. The number of esters is 1. The summed E-state index contributed by atoms with van der Waals surface area (Å²) in [6, 6.07) is 15.1.